The molecule has 1 aliphatic heterocycles. The van der Waals surface area contributed by atoms with E-state index in [0.29, 0.717) is 17.3 Å². The Morgan fingerprint density at radius 1 is 1.47 bits per heavy atom. The van der Waals surface area contributed by atoms with Gasteiger partial charge in [0.15, 0.2) is 0 Å². The van der Waals surface area contributed by atoms with Gasteiger partial charge in [0.2, 0.25) is 10.0 Å². The zero-order chi connectivity index (χ0) is 12.8. The summed E-state index contributed by atoms with van der Waals surface area (Å²) < 4.78 is 26.2. The summed E-state index contributed by atoms with van der Waals surface area (Å²) in [6, 6.07) is 3.55. The van der Waals surface area contributed by atoms with E-state index in [2.05, 4.69) is 15.9 Å². The standard InChI is InChI=1S/C11H13BrClNO2S/c1-7-5-14(17(15,16)6-7)11-4-10(13)8(2)3-9(11)12/h3-4,7H,5-6H2,1-2H3. The van der Waals surface area contributed by atoms with Gasteiger partial charge in [-0.1, -0.05) is 18.5 Å². The molecule has 1 aliphatic rings. The molecule has 94 valence electrons. The lowest BCUT2D eigenvalue weighted by Gasteiger charge is -2.19. The van der Waals surface area contributed by atoms with Gasteiger partial charge in [-0.15, -0.1) is 0 Å². The number of rotatable bonds is 1. The Morgan fingerprint density at radius 3 is 2.65 bits per heavy atom. The van der Waals surface area contributed by atoms with E-state index in [0.717, 1.165) is 10.0 Å². The van der Waals surface area contributed by atoms with Gasteiger partial charge in [0.1, 0.15) is 0 Å². The minimum absolute atomic E-state index is 0.145. The Bertz CT molecular complexity index is 559. The smallest absolute Gasteiger partial charge is 0.235 e. The van der Waals surface area contributed by atoms with Crippen molar-refractivity contribution in [2.75, 3.05) is 16.6 Å². The maximum Gasteiger partial charge on any atom is 0.235 e. The average molecular weight is 339 g/mol. The fourth-order valence-electron chi connectivity index (χ4n) is 1.97. The van der Waals surface area contributed by atoms with Crippen LogP contribution in [-0.4, -0.2) is 20.7 Å². The van der Waals surface area contributed by atoms with Crippen LogP contribution in [-0.2, 0) is 10.0 Å². The molecule has 2 rings (SSSR count). The van der Waals surface area contributed by atoms with Crippen LogP contribution >= 0.6 is 27.5 Å². The predicted molar refractivity (Wildman–Crippen MR) is 74.2 cm³/mol. The highest BCUT2D eigenvalue weighted by Crippen LogP contribution is 2.36. The van der Waals surface area contributed by atoms with E-state index in [-0.39, 0.29) is 11.7 Å². The van der Waals surface area contributed by atoms with Gasteiger partial charge in [0, 0.05) is 16.0 Å². The first-order valence-electron chi connectivity index (χ1n) is 5.27. The van der Waals surface area contributed by atoms with E-state index in [1.165, 1.54) is 4.31 Å². The van der Waals surface area contributed by atoms with Gasteiger partial charge in [-0.25, -0.2) is 8.42 Å². The van der Waals surface area contributed by atoms with Crippen LogP contribution in [0.5, 0.6) is 0 Å². The molecule has 1 heterocycles. The molecule has 1 aromatic rings. The van der Waals surface area contributed by atoms with Crippen LogP contribution in [0.3, 0.4) is 0 Å². The van der Waals surface area contributed by atoms with Gasteiger partial charge in [-0.2, -0.15) is 0 Å². The van der Waals surface area contributed by atoms with Crippen LogP contribution in [0.25, 0.3) is 0 Å². The molecule has 0 N–H and O–H groups in total. The number of hydrogen-bond acceptors (Lipinski definition) is 2. The van der Waals surface area contributed by atoms with Crippen LogP contribution < -0.4 is 4.31 Å². The van der Waals surface area contributed by atoms with Gasteiger partial charge in [0.05, 0.1) is 11.4 Å². The molecule has 0 radical (unpaired) electrons. The van der Waals surface area contributed by atoms with Crippen molar-refractivity contribution in [1.82, 2.24) is 0 Å². The Balaban J connectivity index is 2.52. The molecule has 0 spiro atoms. The number of hydrogen-bond donors (Lipinski definition) is 0. The second-order valence-electron chi connectivity index (χ2n) is 4.47. The lowest BCUT2D eigenvalue weighted by molar-refractivity contribution is 0.598. The van der Waals surface area contributed by atoms with Crippen LogP contribution in [0.15, 0.2) is 16.6 Å². The highest BCUT2D eigenvalue weighted by molar-refractivity contribution is 9.10. The normalized spacial score (nSPS) is 23.1. The third kappa shape index (κ3) is 2.46. The van der Waals surface area contributed by atoms with Crippen molar-refractivity contribution >= 4 is 43.2 Å². The Labute approximate surface area is 115 Å². The summed E-state index contributed by atoms with van der Waals surface area (Å²) in [6.07, 6.45) is 0. The summed E-state index contributed by atoms with van der Waals surface area (Å²) in [7, 11) is -3.20. The molecular formula is C11H13BrClNO2S. The molecule has 6 heteroatoms. The number of benzene rings is 1. The van der Waals surface area contributed by atoms with Crippen molar-refractivity contribution in [3.05, 3.63) is 27.2 Å². The first-order valence-corrected chi connectivity index (χ1v) is 8.05. The first kappa shape index (κ1) is 13.2. The summed E-state index contributed by atoms with van der Waals surface area (Å²) in [5.41, 5.74) is 1.55. The predicted octanol–water partition coefficient (Wildman–Crippen LogP) is 3.20. The second kappa shape index (κ2) is 4.44. The third-order valence-corrected chi connectivity index (χ3v) is 5.86. The molecule has 1 atom stereocenters. The number of anilines is 1. The van der Waals surface area contributed by atoms with E-state index >= 15 is 0 Å². The van der Waals surface area contributed by atoms with Gasteiger partial charge < -0.3 is 0 Å². The van der Waals surface area contributed by atoms with Crippen LogP contribution in [0.4, 0.5) is 5.69 Å². The Hall–Kier alpha value is -0.260. The maximum absolute atomic E-state index is 12.0. The Morgan fingerprint density at radius 2 is 2.12 bits per heavy atom. The molecule has 0 aromatic heterocycles. The van der Waals surface area contributed by atoms with Gasteiger partial charge >= 0.3 is 0 Å². The maximum atomic E-state index is 12.0. The molecule has 0 saturated carbocycles. The summed E-state index contributed by atoms with van der Waals surface area (Å²) in [4.78, 5) is 0. The average Bonchev–Trinajstić information content (AvgIpc) is 2.45. The van der Waals surface area contributed by atoms with Gasteiger partial charge in [-0.3, -0.25) is 4.31 Å². The largest absolute Gasteiger partial charge is 0.269 e. The van der Waals surface area contributed by atoms with Crippen molar-refractivity contribution in [1.29, 1.82) is 0 Å². The van der Waals surface area contributed by atoms with E-state index < -0.39 is 10.0 Å². The zero-order valence-corrected chi connectivity index (χ0v) is 12.7. The van der Waals surface area contributed by atoms with Crippen molar-refractivity contribution in [3.63, 3.8) is 0 Å². The van der Waals surface area contributed by atoms with Crippen LogP contribution in [0.2, 0.25) is 5.02 Å². The zero-order valence-electron chi connectivity index (χ0n) is 9.57. The van der Waals surface area contributed by atoms with Crippen LogP contribution in [0.1, 0.15) is 12.5 Å². The minimum atomic E-state index is -3.20. The number of nitrogens with zero attached hydrogens (tertiary/aromatic N) is 1. The molecule has 3 nitrogen and oxygen atoms in total. The number of sulfonamides is 1. The minimum Gasteiger partial charge on any atom is -0.269 e. The SMILES string of the molecule is Cc1cc(Br)c(N2CC(C)CS2(=O)=O)cc1Cl. The molecule has 1 aromatic carbocycles. The van der Waals surface area contributed by atoms with Gasteiger partial charge in [0.25, 0.3) is 0 Å². The highest BCUT2D eigenvalue weighted by atomic mass is 79.9. The van der Waals surface area contributed by atoms with E-state index in [9.17, 15) is 8.42 Å². The topological polar surface area (TPSA) is 37.4 Å². The van der Waals surface area contributed by atoms with E-state index in [4.69, 9.17) is 11.6 Å². The third-order valence-electron chi connectivity index (χ3n) is 2.81. The molecule has 0 aliphatic carbocycles. The molecular weight excluding hydrogens is 326 g/mol. The molecule has 0 amide bonds. The fraction of sp³-hybridized carbons (Fsp3) is 0.455. The number of aryl methyl sites for hydroxylation is 1. The lowest BCUT2D eigenvalue weighted by Crippen LogP contribution is -2.25. The highest BCUT2D eigenvalue weighted by Gasteiger charge is 2.34. The molecule has 1 fully saturated rings. The molecule has 17 heavy (non-hydrogen) atoms. The summed E-state index contributed by atoms with van der Waals surface area (Å²) in [6.45, 7) is 4.33. The Kier molecular flexibility index (Phi) is 3.45. The monoisotopic (exact) mass is 337 g/mol. The first-order chi connectivity index (χ1) is 7.81. The summed E-state index contributed by atoms with van der Waals surface area (Å²) >= 11 is 9.45. The summed E-state index contributed by atoms with van der Waals surface area (Å²) in [5, 5.41) is 0.581. The van der Waals surface area contributed by atoms with Crippen molar-refractivity contribution in [3.8, 4) is 0 Å². The molecule has 1 saturated heterocycles. The van der Waals surface area contributed by atoms with Crippen LogP contribution in [0, 0.1) is 12.8 Å². The quantitative estimate of drug-likeness (QED) is 0.788. The van der Waals surface area contributed by atoms with Crippen molar-refractivity contribution < 1.29 is 8.42 Å². The van der Waals surface area contributed by atoms with Crippen molar-refractivity contribution in [2.24, 2.45) is 5.92 Å². The van der Waals surface area contributed by atoms with E-state index in [1.807, 2.05) is 19.9 Å². The van der Waals surface area contributed by atoms with Gasteiger partial charge in [-0.05, 0) is 46.5 Å². The lowest BCUT2D eigenvalue weighted by atomic mass is 10.2. The van der Waals surface area contributed by atoms with Crippen molar-refractivity contribution in [2.45, 2.75) is 13.8 Å². The summed E-state index contributed by atoms with van der Waals surface area (Å²) in [5.74, 6) is 0.345. The van der Waals surface area contributed by atoms with E-state index in [1.54, 1.807) is 6.07 Å². The second-order valence-corrected chi connectivity index (χ2v) is 7.67. The molecule has 0 bridgehead atoms. The fourth-order valence-corrected chi connectivity index (χ4v) is 4.86. The number of halogens is 2. The molecule has 1 unspecified atom stereocenters.